The van der Waals surface area contributed by atoms with Gasteiger partial charge in [-0.1, -0.05) is 13.8 Å². The fourth-order valence-corrected chi connectivity index (χ4v) is 1.31. The third kappa shape index (κ3) is 3.12. The minimum absolute atomic E-state index is 0.569. The van der Waals surface area contributed by atoms with Gasteiger partial charge in [0.2, 0.25) is 0 Å². The molecule has 0 fully saturated rings. The lowest BCUT2D eigenvalue weighted by Gasteiger charge is -2.25. The minimum atomic E-state index is -0.569. The summed E-state index contributed by atoms with van der Waals surface area (Å²) in [4.78, 5) is 0. The summed E-state index contributed by atoms with van der Waals surface area (Å²) in [5, 5.41) is 19.9. The van der Waals surface area contributed by atoms with Gasteiger partial charge in [-0.3, -0.25) is 5.10 Å². The molecule has 0 aliphatic heterocycles. The standard InChI is InChI=1S/C10H19N3O/c1-3-10(14,4-2)8-11-7-9-5-6-12-13-9/h5-6,11,14H,3-4,7-8H2,1-2H3,(H,12,13). The Morgan fingerprint density at radius 3 is 2.71 bits per heavy atom. The number of nitrogens with zero attached hydrogens (tertiary/aromatic N) is 1. The van der Waals surface area contributed by atoms with Crippen molar-refractivity contribution in [1.29, 1.82) is 0 Å². The van der Waals surface area contributed by atoms with E-state index in [-0.39, 0.29) is 0 Å². The highest BCUT2D eigenvalue weighted by molar-refractivity contribution is 4.96. The van der Waals surface area contributed by atoms with E-state index in [9.17, 15) is 5.11 Å². The third-order valence-corrected chi connectivity index (χ3v) is 2.64. The zero-order valence-electron chi connectivity index (χ0n) is 8.88. The van der Waals surface area contributed by atoms with E-state index in [1.807, 2.05) is 19.9 Å². The van der Waals surface area contributed by atoms with Crippen molar-refractivity contribution < 1.29 is 5.11 Å². The number of rotatable bonds is 6. The molecule has 0 aromatic carbocycles. The van der Waals surface area contributed by atoms with Crippen molar-refractivity contribution in [3.8, 4) is 0 Å². The summed E-state index contributed by atoms with van der Waals surface area (Å²) in [6.07, 6.45) is 3.28. The predicted octanol–water partition coefficient (Wildman–Crippen LogP) is 1.05. The van der Waals surface area contributed by atoms with Crippen LogP contribution in [0.5, 0.6) is 0 Å². The van der Waals surface area contributed by atoms with E-state index < -0.39 is 5.60 Å². The zero-order valence-corrected chi connectivity index (χ0v) is 8.88. The number of H-pyrrole nitrogens is 1. The van der Waals surface area contributed by atoms with Gasteiger partial charge in [0.1, 0.15) is 0 Å². The van der Waals surface area contributed by atoms with Gasteiger partial charge in [0.15, 0.2) is 0 Å². The first-order valence-corrected chi connectivity index (χ1v) is 5.11. The average molecular weight is 197 g/mol. The van der Waals surface area contributed by atoms with Crippen molar-refractivity contribution in [3.05, 3.63) is 18.0 Å². The van der Waals surface area contributed by atoms with Gasteiger partial charge in [0.25, 0.3) is 0 Å². The van der Waals surface area contributed by atoms with Gasteiger partial charge in [0.05, 0.1) is 5.60 Å². The van der Waals surface area contributed by atoms with E-state index in [0.717, 1.165) is 25.1 Å². The molecule has 0 radical (unpaired) electrons. The molecular weight excluding hydrogens is 178 g/mol. The van der Waals surface area contributed by atoms with Crippen LogP contribution in [-0.4, -0.2) is 27.4 Å². The van der Waals surface area contributed by atoms with Crippen LogP contribution in [0.1, 0.15) is 32.4 Å². The second-order valence-corrected chi connectivity index (χ2v) is 3.62. The van der Waals surface area contributed by atoms with Gasteiger partial charge in [0, 0.05) is 25.0 Å². The Morgan fingerprint density at radius 1 is 1.50 bits per heavy atom. The number of aromatic nitrogens is 2. The Hall–Kier alpha value is -0.870. The number of aliphatic hydroxyl groups is 1. The molecule has 3 N–H and O–H groups in total. The molecule has 0 spiro atoms. The van der Waals surface area contributed by atoms with Crippen molar-refractivity contribution in [2.24, 2.45) is 0 Å². The van der Waals surface area contributed by atoms with E-state index in [1.165, 1.54) is 0 Å². The summed E-state index contributed by atoms with van der Waals surface area (Å²) < 4.78 is 0. The Balaban J connectivity index is 2.27. The molecule has 1 aromatic rings. The molecule has 14 heavy (non-hydrogen) atoms. The first kappa shape index (κ1) is 11.2. The maximum absolute atomic E-state index is 9.97. The molecule has 0 amide bonds. The number of hydrogen-bond acceptors (Lipinski definition) is 3. The Kier molecular flexibility index (Phi) is 4.10. The fourth-order valence-electron chi connectivity index (χ4n) is 1.31. The lowest BCUT2D eigenvalue weighted by Crippen LogP contribution is -2.39. The summed E-state index contributed by atoms with van der Waals surface area (Å²) in [7, 11) is 0. The van der Waals surface area contributed by atoms with Crippen LogP contribution in [-0.2, 0) is 6.54 Å². The summed E-state index contributed by atoms with van der Waals surface area (Å²) in [6.45, 7) is 5.35. The van der Waals surface area contributed by atoms with Crippen LogP contribution >= 0.6 is 0 Å². The van der Waals surface area contributed by atoms with Gasteiger partial charge in [-0.05, 0) is 18.9 Å². The molecule has 0 atom stereocenters. The van der Waals surface area contributed by atoms with Crippen LogP contribution < -0.4 is 5.32 Å². The SMILES string of the molecule is CCC(O)(CC)CNCc1ccn[nH]1. The molecule has 80 valence electrons. The van der Waals surface area contributed by atoms with Crippen molar-refractivity contribution in [3.63, 3.8) is 0 Å². The quantitative estimate of drug-likeness (QED) is 0.639. The lowest BCUT2D eigenvalue weighted by molar-refractivity contribution is 0.0322. The third-order valence-electron chi connectivity index (χ3n) is 2.64. The second kappa shape index (κ2) is 5.12. The van der Waals surface area contributed by atoms with E-state index in [2.05, 4.69) is 15.5 Å². The molecule has 4 heteroatoms. The summed E-state index contributed by atoms with van der Waals surface area (Å²) in [5.41, 5.74) is 0.472. The monoisotopic (exact) mass is 197 g/mol. The Morgan fingerprint density at radius 2 is 2.21 bits per heavy atom. The molecule has 0 saturated heterocycles. The summed E-state index contributed by atoms with van der Waals surface area (Å²) in [6, 6.07) is 1.92. The largest absolute Gasteiger partial charge is 0.389 e. The number of nitrogens with one attached hydrogen (secondary N) is 2. The van der Waals surface area contributed by atoms with Crippen LogP contribution in [0.25, 0.3) is 0 Å². The summed E-state index contributed by atoms with van der Waals surface area (Å²) >= 11 is 0. The molecule has 4 nitrogen and oxygen atoms in total. The van der Waals surface area contributed by atoms with Crippen molar-refractivity contribution in [2.45, 2.75) is 38.8 Å². The van der Waals surface area contributed by atoms with Gasteiger partial charge in [-0.15, -0.1) is 0 Å². The molecule has 1 aromatic heterocycles. The normalized spacial score (nSPS) is 11.9. The van der Waals surface area contributed by atoms with E-state index in [0.29, 0.717) is 6.54 Å². The smallest absolute Gasteiger partial charge is 0.0766 e. The molecule has 0 unspecified atom stereocenters. The molecule has 0 saturated carbocycles. The zero-order chi connectivity index (χ0) is 10.4. The highest BCUT2D eigenvalue weighted by atomic mass is 16.3. The highest BCUT2D eigenvalue weighted by Crippen LogP contribution is 2.12. The van der Waals surface area contributed by atoms with E-state index in [4.69, 9.17) is 0 Å². The summed E-state index contributed by atoms with van der Waals surface area (Å²) in [5.74, 6) is 0. The minimum Gasteiger partial charge on any atom is -0.389 e. The van der Waals surface area contributed by atoms with Gasteiger partial charge in [-0.2, -0.15) is 5.10 Å². The highest BCUT2D eigenvalue weighted by Gasteiger charge is 2.20. The first-order valence-electron chi connectivity index (χ1n) is 5.11. The Labute approximate surface area is 84.7 Å². The first-order chi connectivity index (χ1) is 6.70. The topological polar surface area (TPSA) is 60.9 Å². The molecule has 0 aliphatic carbocycles. The van der Waals surface area contributed by atoms with Crippen molar-refractivity contribution >= 4 is 0 Å². The molecule has 1 heterocycles. The molecule has 0 bridgehead atoms. The van der Waals surface area contributed by atoms with Gasteiger partial charge in [-0.25, -0.2) is 0 Å². The van der Waals surface area contributed by atoms with Gasteiger partial charge >= 0.3 is 0 Å². The molecule has 0 aliphatic rings. The van der Waals surface area contributed by atoms with Crippen LogP contribution in [0.3, 0.4) is 0 Å². The van der Waals surface area contributed by atoms with Crippen LogP contribution in [0.15, 0.2) is 12.3 Å². The molecular formula is C10H19N3O. The van der Waals surface area contributed by atoms with E-state index in [1.54, 1.807) is 6.20 Å². The predicted molar refractivity (Wildman–Crippen MR) is 55.8 cm³/mol. The van der Waals surface area contributed by atoms with Crippen LogP contribution in [0, 0.1) is 0 Å². The lowest BCUT2D eigenvalue weighted by atomic mass is 9.98. The molecule has 1 rings (SSSR count). The van der Waals surface area contributed by atoms with Gasteiger partial charge < -0.3 is 10.4 Å². The van der Waals surface area contributed by atoms with Crippen LogP contribution in [0.4, 0.5) is 0 Å². The van der Waals surface area contributed by atoms with Crippen LogP contribution in [0.2, 0.25) is 0 Å². The maximum atomic E-state index is 9.97. The van der Waals surface area contributed by atoms with Crippen molar-refractivity contribution in [2.75, 3.05) is 6.54 Å². The Bertz CT molecular complexity index is 242. The van der Waals surface area contributed by atoms with Crippen molar-refractivity contribution in [1.82, 2.24) is 15.5 Å². The number of hydrogen-bond donors (Lipinski definition) is 3. The fraction of sp³-hybridized carbons (Fsp3) is 0.700. The number of aromatic amines is 1. The van der Waals surface area contributed by atoms with E-state index >= 15 is 0 Å². The second-order valence-electron chi connectivity index (χ2n) is 3.62. The maximum Gasteiger partial charge on any atom is 0.0766 e. The average Bonchev–Trinajstić information content (AvgIpc) is 2.70.